The Morgan fingerprint density at radius 1 is 1.56 bits per heavy atom. The number of carbonyl (C=O) groups is 1. The fourth-order valence-corrected chi connectivity index (χ4v) is 0. The van der Waals surface area contributed by atoms with Crippen molar-refractivity contribution in [3.8, 4) is 0 Å². The Hall–Kier alpha value is -0.610. The molecule has 0 aromatic carbocycles. The van der Waals surface area contributed by atoms with E-state index in [1.807, 2.05) is 26.0 Å². The van der Waals surface area contributed by atoms with E-state index >= 15 is 0 Å². The number of aliphatic carboxylic acids is 1. The zero-order valence-corrected chi connectivity index (χ0v) is 6.09. The van der Waals surface area contributed by atoms with E-state index in [-0.39, 0.29) is 6.54 Å². The van der Waals surface area contributed by atoms with Gasteiger partial charge in [-0.25, -0.2) is 0 Å². The molecule has 0 fully saturated rings. The third kappa shape index (κ3) is 111. The molecule has 0 spiro atoms. The van der Waals surface area contributed by atoms with Crippen LogP contribution in [-0.2, 0) is 4.79 Å². The van der Waals surface area contributed by atoms with Crippen LogP contribution in [0.3, 0.4) is 0 Å². The highest BCUT2D eigenvalue weighted by molar-refractivity contribution is 5.68. The first-order chi connectivity index (χ1) is 4.00. The Morgan fingerprint density at radius 3 is 1.67 bits per heavy atom. The summed E-state index contributed by atoms with van der Waals surface area (Å²) < 4.78 is 0. The lowest BCUT2D eigenvalue weighted by Gasteiger charge is -1.90. The maximum Gasteiger partial charge on any atom is 0.317 e. The van der Waals surface area contributed by atoms with Gasteiger partial charge in [-0.3, -0.25) is 4.79 Å². The largest absolute Gasteiger partial charge is 0.480 e. The summed E-state index contributed by atoms with van der Waals surface area (Å²) in [5.41, 5.74) is 4.57. The normalized spacial score (nSPS) is 8.11. The maximum atomic E-state index is 9.24. The van der Waals surface area contributed by atoms with E-state index in [9.17, 15) is 4.79 Å². The number of rotatable bonds is 1. The van der Waals surface area contributed by atoms with Gasteiger partial charge in [-0.15, -0.1) is 0 Å². The first-order valence-electron chi connectivity index (χ1n) is 2.53. The number of hydrogen-bond donors (Lipinski definition) is 2. The van der Waals surface area contributed by atoms with E-state index < -0.39 is 5.97 Å². The lowest BCUT2D eigenvalue weighted by molar-refractivity contribution is -0.135. The molecule has 0 aliphatic heterocycles. The second-order valence-electron chi connectivity index (χ2n) is 1.94. The number of nitrogens with two attached hydrogens (primary N) is 1. The molecule has 0 unspecified atom stereocenters. The molecule has 0 aromatic heterocycles. The molecule has 4 nitrogen and oxygen atoms in total. The molecule has 0 amide bonds. The Labute approximate surface area is 55.3 Å². The number of carboxylic acids is 1. The van der Waals surface area contributed by atoms with E-state index in [2.05, 4.69) is 5.73 Å². The number of nitrogens with zero attached hydrogens (tertiary/aromatic N) is 1. The van der Waals surface area contributed by atoms with E-state index in [0.717, 1.165) is 0 Å². The molecule has 0 bridgehead atoms. The average Bonchev–Trinajstić information content (AvgIpc) is 1.65. The van der Waals surface area contributed by atoms with Crippen molar-refractivity contribution >= 4 is 5.97 Å². The summed E-state index contributed by atoms with van der Waals surface area (Å²) in [4.78, 5) is 11.2. The number of carboxylic acid groups (broad SMARTS) is 1. The summed E-state index contributed by atoms with van der Waals surface area (Å²) >= 11 is 0. The highest BCUT2D eigenvalue weighted by Gasteiger charge is 1.81. The molecule has 4 heteroatoms. The molecular weight excluding hydrogens is 120 g/mol. The summed E-state index contributed by atoms with van der Waals surface area (Å²) in [6, 6.07) is 0. The predicted molar refractivity (Wildman–Crippen MR) is 36.3 cm³/mol. The summed E-state index contributed by atoms with van der Waals surface area (Å²) in [7, 11) is 6.00. The van der Waals surface area contributed by atoms with Crippen LogP contribution in [-0.4, -0.2) is 43.7 Å². The summed E-state index contributed by atoms with van der Waals surface area (Å²) in [5.74, 6) is -0.968. The number of hydrogen-bond acceptors (Lipinski definition) is 3. The van der Waals surface area contributed by atoms with Gasteiger partial charge in [0.1, 0.15) is 0 Å². The Kier molecular flexibility index (Phi) is 9.21. The van der Waals surface area contributed by atoms with Crippen LogP contribution >= 0.6 is 0 Å². The summed E-state index contributed by atoms with van der Waals surface area (Å²) in [6.07, 6.45) is 0. The highest BCUT2D eigenvalue weighted by atomic mass is 16.4. The van der Waals surface area contributed by atoms with Crippen LogP contribution in [0, 0.1) is 0 Å². The quantitative estimate of drug-likeness (QED) is 0.493. The minimum atomic E-state index is -0.968. The van der Waals surface area contributed by atoms with Gasteiger partial charge < -0.3 is 15.7 Å². The molecule has 56 valence electrons. The zero-order valence-electron chi connectivity index (χ0n) is 6.09. The van der Waals surface area contributed by atoms with Crippen LogP contribution in [0.5, 0.6) is 0 Å². The minimum Gasteiger partial charge on any atom is -0.480 e. The molecule has 0 saturated carbocycles. The van der Waals surface area contributed by atoms with Crippen molar-refractivity contribution in [2.75, 3.05) is 27.7 Å². The lowest BCUT2D eigenvalue weighted by atomic mass is 10.7. The van der Waals surface area contributed by atoms with E-state index in [4.69, 9.17) is 5.11 Å². The fourth-order valence-electron chi connectivity index (χ4n) is 0. The zero-order chi connectivity index (χ0) is 7.86. The highest BCUT2D eigenvalue weighted by Crippen LogP contribution is 1.47. The van der Waals surface area contributed by atoms with Gasteiger partial charge in [0, 0.05) is 0 Å². The molecule has 0 atom stereocenters. The summed E-state index contributed by atoms with van der Waals surface area (Å²) in [5, 5.41) is 7.60. The van der Waals surface area contributed by atoms with Crippen LogP contribution in [0.15, 0.2) is 0 Å². The molecule has 3 N–H and O–H groups in total. The van der Waals surface area contributed by atoms with Crippen LogP contribution in [0.25, 0.3) is 0 Å². The van der Waals surface area contributed by atoms with Gasteiger partial charge in [0.05, 0.1) is 6.54 Å². The molecule has 0 radical (unpaired) electrons. The predicted octanol–water partition coefficient (Wildman–Crippen LogP) is -0.792. The molecule has 0 aromatic rings. The maximum absolute atomic E-state index is 9.24. The lowest BCUT2D eigenvalue weighted by Crippen LogP contribution is -2.10. The monoisotopic (exact) mass is 134 g/mol. The van der Waals surface area contributed by atoms with Gasteiger partial charge in [0.15, 0.2) is 0 Å². The Balaban J connectivity index is 0. The van der Waals surface area contributed by atoms with Gasteiger partial charge in [-0.2, -0.15) is 0 Å². The SMILES string of the molecule is CN(C)C.NCC(=O)O. The van der Waals surface area contributed by atoms with Crippen molar-refractivity contribution < 1.29 is 9.90 Å². The van der Waals surface area contributed by atoms with Crippen molar-refractivity contribution in [1.82, 2.24) is 4.90 Å². The Bertz CT molecular complexity index is 70.6. The fraction of sp³-hybridized carbons (Fsp3) is 0.800. The molecule has 9 heavy (non-hydrogen) atoms. The molecular formula is C5H14N2O2. The van der Waals surface area contributed by atoms with Crippen LogP contribution in [0.1, 0.15) is 0 Å². The van der Waals surface area contributed by atoms with Gasteiger partial charge >= 0.3 is 5.97 Å². The van der Waals surface area contributed by atoms with Crippen LogP contribution in [0.2, 0.25) is 0 Å². The topological polar surface area (TPSA) is 66.6 Å². The molecule has 0 rings (SSSR count). The second kappa shape index (κ2) is 7.39. The van der Waals surface area contributed by atoms with Gasteiger partial charge in [0.2, 0.25) is 0 Å². The first-order valence-corrected chi connectivity index (χ1v) is 2.53. The molecule has 0 saturated heterocycles. The van der Waals surface area contributed by atoms with E-state index in [1.165, 1.54) is 0 Å². The first kappa shape index (κ1) is 11.2. The minimum absolute atomic E-state index is 0.278. The average molecular weight is 134 g/mol. The van der Waals surface area contributed by atoms with Crippen molar-refractivity contribution in [3.63, 3.8) is 0 Å². The third-order valence-electron chi connectivity index (χ3n) is 0.175. The van der Waals surface area contributed by atoms with Crippen molar-refractivity contribution in [3.05, 3.63) is 0 Å². The van der Waals surface area contributed by atoms with E-state index in [0.29, 0.717) is 0 Å². The second-order valence-corrected chi connectivity index (χ2v) is 1.94. The van der Waals surface area contributed by atoms with E-state index in [1.54, 1.807) is 0 Å². The standard InChI is InChI=1S/C3H9N.C2H5NO2/c1-4(2)3;3-1-2(4)5/h1-3H3;1,3H2,(H,4,5). The smallest absolute Gasteiger partial charge is 0.317 e. The molecule has 0 aliphatic rings. The Morgan fingerprint density at radius 2 is 1.67 bits per heavy atom. The van der Waals surface area contributed by atoms with Crippen molar-refractivity contribution in [1.29, 1.82) is 0 Å². The third-order valence-corrected chi connectivity index (χ3v) is 0.175. The van der Waals surface area contributed by atoms with Gasteiger partial charge in [-0.1, -0.05) is 0 Å². The van der Waals surface area contributed by atoms with Gasteiger partial charge in [0.25, 0.3) is 0 Å². The van der Waals surface area contributed by atoms with Crippen molar-refractivity contribution in [2.45, 2.75) is 0 Å². The summed E-state index contributed by atoms with van der Waals surface area (Å²) in [6.45, 7) is -0.278. The molecule has 0 heterocycles. The van der Waals surface area contributed by atoms with Crippen LogP contribution < -0.4 is 5.73 Å². The van der Waals surface area contributed by atoms with Crippen molar-refractivity contribution in [2.24, 2.45) is 5.73 Å². The van der Waals surface area contributed by atoms with Gasteiger partial charge in [-0.05, 0) is 21.1 Å². The van der Waals surface area contributed by atoms with Crippen LogP contribution in [0.4, 0.5) is 0 Å². The molecule has 0 aliphatic carbocycles.